The Hall–Kier alpha value is -3.01. The number of amides is 2. The predicted octanol–water partition coefficient (Wildman–Crippen LogP) is 4.03. The standard InChI is InChI=1S/C26H30F2N2O5S/c1-4-17-10-11-22(30(17)26(32)16-6-5-7-18(12-16)36(3,33)34)25(31)29-24(15-8-9-15)19-13-21(28)23(35-2)14-20(19)27/h5-7,12-15,17,22,24H,4,8-11H2,1-3H3,(H,29,31)/t17-,22-,24?/m1/s1. The molecular weight excluding hydrogens is 490 g/mol. The van der Waals surface area contributed by atoms with Crippen LogP contribution in [0.2, 0.25) is 0 Å². The van der Waals surface area contributed by atoms with Crippen LogP contribution in [0.5, 0.6) is 5.75 Å². The number of sulfone groups is 1. The molecule has 7 nitrogen and oxygen atoms in total. The van der Waals surface area contributed by atoms with Crippen molar-refractivity contribution in [2.75, 3.05) is 13.4 Å². The van der Waals surface area contributed by atoms with Gasteiger partial charge in [-0.3, -0.25) is 9.59 Å². The number of ether oxygens (including phenoxy) is 1. The minimum absolute atomic E-state index is 0.0207. The molecule has 3 atom stereocenters. The van der Waals surface area contributed by atoms with Gasteiger partial charge >= 0.3 is 0 Å². The number of likely N-dealkylation sites (tertiary alicyclic amines) is 1. The zero-order valence-electron chi connectivity index (χ0n) is 20.5. The molecule has 0 radical (unpaired) electrons. The predicted molar refractivity (Wildman–Crippen MR) is 129 cm³/mol. The molecule has 1 saturated carbocycles. The van der Waals surface area contributed by atoms with Gasteiger partial charge in [0.15, 0.2) is 21.4 Å². The lowest BCUT2D eigenvalue weighted by Gasteiger charge is -2.31. The third kappa shape index (κ3) is 5.23. The van der Waals surface area contributed by atoms with Crippen molar-refractivity contribution in [2.24, 2.45) is 5.92 Å². The molecule has 1 heterocycles. The third-order valence-electron chi connectivity index (χ3n) is 7.02. The lowest BCUT2D eigenvalue weighted by molar-refractivity contribution is -0.126. The van der Waals surface area contributed by atoms with Crippen LogP contribution in [0.4, 0.5) is 8.78 Å². The van der Waals surface area contributed by atoms with Gasteiger partial charge < -0.3 is 15.0 Å². The first-order chi connectivity index (χ1) is 17.0. The summed E-state index contributed by atoms with van der Waals surface area (Å²) in [4.78, 5) is 28.5. The van der Waals surface area contributed by atoms with Crippen molar-refractivity contribution in [2.45, 2.75) is 62.0 Å². The number of halogens is 2. The number of hydrogen-bond donors (Lipinski definition) is 1. The van der Waals surface area contributed by atoms with Crippen LogP contribution >= 0.6 is 0 Å². The largest absolute Gasteiger partial charge is 0.494 e. The van der Waals surface area contributed by atoms with Gasteiger partial charge in [0.05, 0.1) is 18.0 Å². The molecule has 0 aromatic heterocycles. The molecule has 2 aromatic rings. The second-order valence-corrected chi connectivity index (χ2v) is 11.5. The normalized spacial score (nSPS) is 20.8. The van der Waals surface area contributed by atoms with E-state index in [9.17, 15) is 26.8 Å². The van der Waals surface area contributed by atoms with Crippen molar-refractivity contribution in [3.8, 4) is 5.75 Å². The summed E-state index contributed by atoms with van der Waals surface area (Å²) in [5, 5.41) is 2.88. The highest BCUT2D eigenvalue weighted by Crippen LogP contribution is 2.43. The summed E-state index contributed by atoms with van der Waals surface area (Å²) in [5.74, 6) is -2.51. The van der Waals surface area contributed by atoms with E-state index in [1.165, 1.54) is 36.3 Å². The SMILES string of the molecule is CC[C@@H]1CC[C@H](C(=O)NC(c2cc(F)c(OC)cc2F)C2CC2)N1C(=O)c1cccc(S(C)(=O)=O)c1. The van der Waals surface area contributed by atoms with Gasteiger partial charge in [0.25, 0.3) is 5.91 Å². The Labute approximate surface area is 209 Å². The van der Waals surface area contributed by atoms with Crippen molar-refractivity contribution in [3.05, 3.63) is 59.2 Å². The van der Waals surface area contributed by atoms with Gasteiger partial charge in [-0.15, -0.1) is 0 Å². The van der Waals surface area contributed by atoms with E-state index < -0.39 is 45.4 Å². The first-order valence-electron chi connectivity index (χ1n) is 12.0. The minimum atomic E-state index is -3.52. The van der Waals surface area contributed by atoms with E-state index in [4.69, 9.17) is 4.74 Å². The fraction of sp³-hybridized carbons (Fsp3) is 0.462. The highest BCUT2D eigenvalue weighted by atomic mass is 32.2. The zero-order chi connectivity index (χ0) is 26.2. The molecule has 4 rings (SSSR count). The second kappa shape index (κ2) is 10.2. The van der Waals surface area contributed by atoms with E-state index in [0.717, 1.165) is 31.2 Å². The molecule has 1 unspecified atom stereocenters. The van der Waals surface area contributed by atoms with Crippen molar-refractivity contribution < 1.29 is 31.5 Å². The molecule has 194 valence electrons. The van der Waals surface area contributed by atoms with Gasteiger partial charge in [-0.1, -0.05) is 13.0 Å². The highest BCUT2D eigenvalue weighted by molar-refractivity contribution is 7.90. The summed E-state index contributed by atoms with van der Waals surface area (Å²) in [6.07, 6.45) is 4.23. The Kier molecular flexibility index (Phi) is 7.36. The van der Waals surface area contributed by atoms with Gasteiger partial charge in [0.1, 0.15) is 11.9 Å². The van der Waals surface area contributed by atoms with Gasteiger partial charge in [-0.2, -0.15) is 0 Å². The maximum Gasteiger partial charge on any atom is 0.254 e. The summed E-state index contributed by atoms with van der Waals surface area (Å²) in [7, 11) is -2.27. The Morgan fingerprint density at radius 1 is 1.11 bits per heavy atom. The number of carbonyl (C=O) groups excluding carboxylic acids is 2. The fourth-order valence-corrected chi connectivity index (χ4v) is 5.59. The van der Waals surface area contributed by atoms with E-state index in [0.29, 0.717) is 19.3 Å². The maximum atomic E-state index is 14.8. The molecule has 2 aliphatic rings. The van der Waals surface area contributed by atoms with E-state index in [2.05, 4.69) is 5.32 Å². The van der Waals surface area contributed by atoms with Crippen molar-refractivity contribution in [1.29, 1.82) is 0 Å². The number of nitrogens with one attached hydrogen (secondary N) is 1. The number of nitrogens with zero attached hydrogens (tertiary/aromatic N) is 1. The molecule has 1 saturated heterocycles. The number of methoxy groups -OCH3 is 1. The lowest BCUT2D eigenvalue weighted by atomic mass is 10.00. The Bertz CT molecular complexity index is 1280. The van der Waals surface area contributed by atoms with Crippen LogP contribution in [0.15, 0.2) is 41.3 Å². The van der Waals surface area contributed by atoms with E-state index in [1.54, 1.807) is 0 Å². The zero-order valence-corrected chi connectivity index (χ0v) is 21.3. The summed E-state index contributed by atoms with van der Waals surface area (Å²) >= 11 is 0. The number of rotatable bonds is 8. The number of carbonyl (C=O) groups is 2. The first-order valence-corrected chi connectivity index (χ1v) is 13.9. The molecule has 0 bridgehead atoms. The van der Waals surface area contributed by atoms with Crippen LogP contribution in [0.25, 0.3) is 0 Å². The molecule has 36 heavy (non-hydrogen) atoms. The monoisotopic (exact) mass is 520 g/mol. The summed E-state index contributed by atoms with van der Waals surface area (Å²) < 4.78 is 58.1. The van der Waals surface area contributed by atoms with Gasteiger partial charge in [0, 0.05) is 29.5 Å². The molecule has 2 amide bonds. The first kappa shape index (κ1) is 26.1. The quantitative estimate of drug-likeness (QED) is 0.568. The maximum absolute atomic E-state index is 14.8. The lowest BCUT2D eigenvalue weighted by Crippen LogP contribution is -2.49. The minimum Gasteiger partial charge on any atom is -0.494 e. The van der Waals surface area contributed by atoms with E-state index in [1.807, 2.05) is 6.92 Å². The average Bonchev–Trinajstić information content (AvgIpc) is 3.60. The Morgan fingerprint density at radius 2 is 1.83 bits per heavy atom. The smallest absolute Gasteiger partial charge is 0.254 e. The van der Waals surface area contributed by atoms with Crippen LogP contribution in [0.3, 0.4) is 0 Å². The van der Waals surface area contributed by atoms with Gasteiger partial charge in [-0.25, -0.2) is 17.2 Å². The molecule has 0 spiro atoms. The van der Waals surface area contributed by atoms with E-state index >= 15 is 0 Å². The summed E-state index contributed by atoms with van der Waals surface area (Å²) in [6.45, 7) is 1.92. The summed E-state index contributed by atoms with van der Waals surface area (Å²) in [5.41, 5.74) is 0.228. The average molecular weight is 521 g/mol. The molecule has 1 aliphatic carbocycles. The topological polar surface area (TPSA) is 92.8 Å². The molecule has 1 N–H and O–H groups in total. The molecule has 10 heteroatoms. The molecule has 1 aliphatic heterocycles. The van der Waals surface area contributed by atoms with Crippen LogP contribution in [-0.2, 0) is 14.6 Å². The Morgan fingerprint density at radius 3 is 2.44 bits per heavy atom. The van der Waals surface area contributed by atoms with Crippen LogP contribution in [0, 0.1) is 17.6 Å². The molecule has 2 aromatic carbocycles. The van der Waals surface area contributed by atoms with Crippen molar-refractivity contribution in [1.82, 2.24) is 10.2 Å². The van der Waals surface area contributed by atoms with Crippen LogP contribution in [-0.4, -0.2) is 50.6 Å². The Balaban J connectivity index is 1.61. The fourth-order valence-electron chi connectivity index (χ4n) is 4.92. The van der Waals surface area contributed by atoms with Gasteiger partial charge in [-0.05, 0) is 62.3 Å². The van der Waals surface area contributed by atoms with Gasteiger partial charge in [0.2, 0.25) is 5.91 Å². The number of benzene rings is 2. The van der Waals surface area contributed by atoms with Crippen molar-refractivity contribution >= 4 is 21.7 Å². The van der Waals surface area contributed by atoms with Crippen LogP contribution < -0.4 is 10.1 Å². The summed E-state index contributed by atoms with van der Waals surface area (Å²) in [6, 6.07) is 6.05. The molecule has 2 fully saturated rings. The number of hydrogen-bond acceptors (Lipinski definition) is 5. The molecular formula is C26H30F2N2O5S. The highest BCUT2D eigenvalue weighted by Gasteiger charge is 2.43. The van der Waals surface area contributed by atoms with E-state index in [-0.39, 0.29) is 33.7 Å². The van der Waals surface area contributed by atoms with Crippen molar-refractivity contribution in [3.63, 3.8) is 0 Å². The van der Waals surface area contributed by atoms with Crippen LogP contribution in [0.1, 0.15) is 61.0 Å². The third-order valence-corrected chi connectivity index (χ3v) is 8.13. The second-order valence-electron chi connectivity index (χ2n) is 9.50.